The highest BCUT2D eigenvalue weighted by atomic mass is 79.9. The van der Waals surface area contributed by atoms with E-state index < -0.39 is 18.5 Å². The predicted molar refractivity (Wildman–Crippen MR) is 79.0 cm³/mol. The van der Waals surface area contributed by atoms with Crippen LogP contribution < -0.4 is 5.32 Å². The van der Waals surface area contributed by atoms with E-state index >= 15 is 0 Å². The number of hydrogen-bond acceptors (Lipinski definition) is 5. The molecule has 0 radical (unpaired) electrons. The molecule has 1 aromatic carbocycles. The topological polar surface area (TPSA) is 81.4 Å². The average Bonchev–Trinajstić information content (AvgIpc) is 2.86. The van der Waals surface area contributed by atoms with E-state index in [1.54, 1.807) is 13.0 Å². The van der Waals surface area contributed by atoms with E-state index in [-0.39, 0.29) is 5.76 Å². The molecule has 1 aromatic heterocycles. The van der Waals surface area contributed by atoms with Gasteiger partial charge >= 0.3 is 5.97 Å². The number of hydrogen-bond donors (Lipinski definition) is 1. The summed E-state index contributed by atoms with van der Waals surface area (Å²) in [5.41, 5.74) is 2.13. The molecule has 0 saturated carbocycles. The molecular formula is C14H13BrN2O4. The van der Waals surface area contributed by atoms with Crippen LogP contribution in [0.5, 0.6) is 0 Å². The van der Waals surface area contributed by atoms with Gasteiger partial charge in [0.05, 0.1) is 5.69 Å². The van der Waals surface area contributed by atoms with Gasteiger partial charge in [-0.1, -0.05) is 21.1 Å². The normalized spacial score (nSPS) is 10.2. The van der Waals surface area contributed by atoms with Crippen LogP contribution in [0.2, 0.25) is 0 Å². The Morgan fingerprint density at radius 3 is 2.71 bits per heavy atom. The Balaban J connectivity index is 1.89. The zero-order valence-electron chi connectivity index (χ0n) is 11.5. The lowest BCUT2D eigenvalue weighted by molar-refractivity contribution is -0.119. The molecular weight excluding hydrogens is 340 g/mol. The van der Waals surface area contributed by atoms with E-state index in [0.717, 1.165) is 10.0 Å². The van der Waals surface area contributed by atoms with E-state index in [0.29, 0.717) is 11.4 Å². The van der Waals surface area contributed by atoms with Crippen LogP contribution in [0.15, 0.2) is 33.3 Å². The van der Waals surface area contributed by atoms with E-state index in [1.165, 1.54) is 6.07 Å². The Bertz CT molecular complexity index is 681. The maximum Gasteiger partial charge on any atom is 0.377 e. The Labute approximate surface area is 129 Å². The zero-order valence-corrected chi connectivity index (χ0v) is 13.1. The minimum Gasteiger partial charge on any atom is -0.450 e. The molecule has 6 nitrogen and oxygen atoms in total. The Hall–Kier alpha value is -2.15. The van der Waals surface area contributed by atoms with Crippen LogP contribution in [-0.2, 0) is 9.53 Å². The molecule has 0 spiro atoms. The first-order chi connectivity index (χ1) is 9.95. The van der Waals surface area contributed by atoms with E-state index in [9.17, 15) is 9.59 Å². The summed E-state index contributed by atoms with van der Waals surface area (Å²) < 4.78 is 10.5. The molecule has 1 amide bonds. The lowest BCUT2D eigenvalue weighted by Crippen LogP contribution is -2.21. The second-order valence-electron chi connectivity index (χ2n) is 4.42. The van der Waals surface area contributed by atoms with Crippen molar-refractivity contribution in [1.29, 1.82) is 0 Å². The molecule has 0 atom stereocenters. The second kappa shape index (κ2) is 6.53. The third-order valence-corrected chi connectivity index (χ3v) is 3.12. The molecule has 0 aliphatic carbocycles. The number of aromatic nitrogens is 1. The molecule has 110 valence electrons. The molecule has 0 aliphatic heterocycles. The van der Waals surface area contributed by atoms with Crippen molar-refractivity contribution >= 4 is 33.5 Å². The lowest BCUT2D eigenvalue weighted by atomic mass is 10.2. The van der Waals surface area contributed by atoms with Crippen LogP contribution in [0.1, 0.15) is 21.8 Å². The van der Waals surface area contributed by atoms with Crippen LogP contribution in [0.3, 0.4) is 0 Å². The van der Waals surface area contributed by atoms with Crippen molar-refractivity contribution in [2.45, 2.75) is 13.8 Å². The van der Waals surface area contributed by atoms with Gasteiger partial charge in [-0.2, -0.15) is 0 Å². The minimum atomic E-state index is -0.724. The van der Waals surface area contributed by atoms with Crippen molar-refractivity contribution < 1.29 is 18.8 Å². The van der Waals surface area contributed by atoms with Crippen molar-refractivity contribution in [2.24, 2.45) is 0 Å². The number of amides is 1. The first kappa shape index (κ1) is 15.2. The summed E-state index contributed by atoms with van der Waals surface area (Å²) in [4.78, 5) is 23.3. The highest BCUT2D eigenvalue weighted by Gasteiger charge is 2.15. The third kappa shape index (κ3) is 4.16. The first-order valence-electron chi connectivity index (χ1n) is 6.12. The number of rotatable bonds is 4. The molecule has 1 heterocycles. The molecule has 2 aromatic rings. The van der Waals surface area contributed by atoms with Crippen molar-refractivity contribution in [3.63, 3.8) is 0 Å². The van der Waals surface area contributed by atoms with Crippen LogP contribution in [0.25, 0.3) is 0 Å². The first-order valence-corrected chi connectivity index (χ1v) is 6.91. The number of ether oxygens (including phenoxy) is 1. The zero-order chi connectivity index (χ0) is 15.4. The number of nitrogens with one attached hydrogen (secondary N) is 1. The number of carbonyl (C=O) groups is 2. The van der Waals surface area contributed by atoms with Gasteiger partial charge in [-0.3, -0.25) is 4.79 Å². The fraction of sp³-hybridized carbons (Fsp3) is 0.214. The number of benzene rings is 1. The van der Waals surface area contributed by atoms with E-state index in [2.05, 4.69) is 26.4 Å². The average molecular weight is 353 g/mol. The fourth-order valence-corrected chi connectivity index (χ4v) is 2.09. The number of nitrogens with zero attached hydrogens (tertiary/aromatic N) is 1. The summed E-state index contributed by atoms with van der Waals surface area (Å²) in [5.74, 6) is -1.18. The SMILES string of the molecule is Cc1cc(C(=O)OCC(=O)Nc2ccc(Br)cc2C)on1. The number of halogens is 1. The molecule has 2 rings (SSSR count). The minimum absolute atomic E-state index is 0.0277. The standard InChI is InChI=1S/C14H13BrN2O4/c1-8-5-10(15)3-4-11(8)16-13(18)7-20-14(19)12-6-9(2)17-21-12/h3-6H,7H2,1-2H3,(H,16,18). The Kier molecular flexibility index (Phi) is 4.74. The van der Waals surface area contributed by atoms with Crippen LogP contribution in [-0.4, -0.2) is 23.6 Å². The summed E-state index contributed by atoms with van der Waals surface area (Å²) in [6, 6.07) is 6.89. The number of carbonyl (C=O) groups excluding carboxylic acids is 2. The van der Waals surface area contributed by atoms with Gasteiger partial charge in [0.15, 0.2) is 6.61 Å². The summed E-state index contributed by atoms with van der Waals surface area (Å²) >= 11 is 3.34. The van der Waals surface area contributed by atoms with Crippen molar-refractivity contribution in [1.82, 2.24) is 5.16 Å². The van der Waals surface area contributed by atoms with Crippen LogP contribution >= 0.6 is 15.9 Å². The van der Waals surface area contributed by atoms with Gasteiger partial charge in [-0.25, -0.2) is 4.79 Å². The fourth-order valence-electron chi connectivity index (χ4n) is 1.62. The van der Waals surface area contributed by atoms with Gasteiger partial charge in [-0.15, -0.1) is 0 Å². The second-order valence-corrected chi connectivity index (χ2v) is 5.33. The Morgan fingerprint density at radius 2 is 2.10 bits per heavy atom. The highest BCUT2D eigenvalue weighted by Crippen LogP contribution is 2.19. The quantitative estimate of drug-likeness (QED) is 0.855. The molecule has 1 N–H and O–H groups in total. The number of esters is 1. The number of anilines is 1. The molecule has 0 bridgehead atoms. The summed E-state index contributed by atoms with van der Waals surface area (Å²) in [6.07, 6.45) is 0. The molecule has 21 heavy (non-hydrogen) atoms. The largest absolute Gasteiger partial charge is 0.450 e. The summed E-state index contributed by atoms with van der Waals surface area (Å²) in [5, 5.41) is 6.24. The van der Waals surface area contributed by atoms with Crippen molar-refractivity contribution in [3.05, 3.63) is 45.8 Å². The van der Waals surface area contributed by atoms with E-state index in [1.807, 2.05) is 19.1 Å². The monoisotopic (exact) mass is 352 g/mol. The van der Waals surface area contributed by atoms with Crippen molar-refractivity contribution in [3.8, 4) is 0 Å². The summed E-state index contributed by atoms with van der Waals surface area (Å²) in [6.45, 7) is 3.15. The maximum atomic E-state index is 11.7. The van der Waals surface area contributed by atoms with Gasteiger partial charge in [0.2, 0.25) is 5.76 Å². The van der Waals surface area contributed by atoms with Gasteiger partial charge < -0.3 is 14.6 Å². The lowest BCUT2D eigenvalue weighted by Gasteiger charge is -2.08. The smallest absolute Gasteiger partial charge is 0.377 e. The van der Waals surface area contributed by atoms with E-state index in [4.69, 9.17) is 9.26 Å². The maximum absolute atomic E-state index is 11.7. The molecule has 0 unspecified atom stereocenters. The number of aryl methyl sites for hydroxylation is 2. The molecule has 0 fully saturated rings. The van der Waals surface area contributed by atoms with Gasteiger partial charge in [0, 0.05) is 16.2 Å². The highest BCUT2D eigenvalue weighted by molar-refractivity contribution is 9.10. The predicted octanol–water partition coefficient (Wildman–Crippen LogP) is 2.85. The third-order valence-electron chi connectivity index (χ3n) is 2.63. The molecule has 0 saturated heterocycles. The molecule has 7 heteroatoms. The Morgan fingerprint density at radius 1 is 1.33 bits per heavy atom. The van der Waals surface area contributed by atoms with Crippen LogP contribution in [0, 0.1) is 13.8 Å². The summed E-state index contributed by atoms with van der Waals surface area (Å²) in [7, 11) is 0. The van der Waals surface area contributed by atoms with Gasteiger partial charge in [-0.05, 0) is 37.6 Å². The van der Waals surface area contributed by atoms with Gasteiger partial charge in [0.25, 0.3) is 5.91 Å². The molecule has 0 aliphatic rings. The van der Waals surface area contributed by atoms with Crippen molar-refractivity contribution in [2.75, 3.05) is 11.9 Å². The van der Waals surface area contributed by atoms with Crippen LogP contribution in [0.4, 0.5) is 5.69 Å². The van der Waals surface area contributed by atoms with Gasteiger partial charge in [0.1, 0.15) is 0 Å².